The molecule has 1 nitrogen and oxygen atoms in total. The maximum atomic E-state index is 11.2. The number of benzene rings is 1. The molecule has 16 heavy (non-hydrogen) atoms. The van der Waals surface area contributed by atoms with Crippen LogP contribution in [-0.4, -0.2) is 11.5 Å². The van der Waals surface area contributed by atoms with E-state index < -0.39 is 0 Å². The Balaban J connectivity index is 2.91. The molecule has 88 valence electrons. The summed E-state index contributed by atoms with van der Waals surface area (Å²) in [4.78, 5) is 11.2. The van der Waals surface area contributed by atoms with Crippen molar-refractivity contribution >= 4 is 40.7 Å². The Kier molecular flexibility index (Phi) is 5.67. The molecule has 4 heteroatoms. The molecular weight excluding hydrogens is 263 g/mol. The number of halogens is 2. The van der Waals surface area contributed by atoms with Gasteiger partial charge in [0, 0.05) is 11.7 Å². The van der Waals surface area contributed by atoms with Crippen LogP contribution in [0.4, 0.5) is 0 Å². The second kappa shape index (κ2) is 6.53. The van der Waals surface area contributed by atoms with E-state index in [-0.39, 0.29) is 11.0 Å². The highest BCUT2D eigenvalue weighted by Crippen LogP contribution is 2.35. The maximum absolute atomic E-state index is 11.2. The molecule has 0 spiro atoms. The van der Waals surface area contributed by atoms with Gasteiger partial charge in [-0.2, -0.15) is 11.8 Å². The quantitative estimate of drug-likeness (QED) is 0.771. The van der Waals surface area contributed by atoms with E-state index in [0.717, 1.165) is 11.3 Å². The minimum Gasteiger partial charge on any atom is -0.300 e. The van der Waals surface area contributed by atoms with E-state index in [1.807, 2.05) is 12.1 Å². The molecule has 0 aliphatic heterocycles. The average Bonchev–Trinajstić information content (AvgIpc) is 2.21. The number of Topliss-reactive ketones (excluding diaryl/α,β-unsaturated/α-hetero) is 1. The zero-order valence-electron chi connectivity index (χ0n) is 9.30. The minimum absolute atomic E-state index is 0.178. The van der Waals surface area contributed by atoms with Crippen molar-refractivity contribution < 1.29 is 4.79 Å². The molecule has 0 aliphatic carbocycles. The summed E-state index contributed by atoms with van der Waals surface area (Å²) in [6.45, 7) is 3.69. The fraction of sp³-hybridized carbons (Fsp3) is 0.417. The summed E-state index contributed by atoms with van der Waals surface area (Å²) >= 11 is 13.6. The van der Waals surface area contributed by atoms with Gasteiger partial charge in [0.2, 0.25) is 0 Å². The zero-order chi connectivity index (χ0) is 12.1. The number of thioether (sulfide) groups is 1. The van der Waals surface area contributed by atoms with Gasteiger partial charge in [0.1, 0.15) is 5.78 Å². The summed E-state index contributed by atoms with van der Waals surface area (Å²) in [5.74, 6) is 1.16. The standard InChI is InChI=1S/C12H14Cl2OS/c1-3-16-12(6-8(2)15)9-4-5-10(13)11(14)7-9/h4-5,7,12H,3,6H2,1-2H3/t12-/m0/s1. The van der Waals surface area contributed by atoms with Gasteiger partial charge in [0.15, 0.2) is 0 Å². The molecule has 0 saturated heterocycles. The van der Waals surface area contributed by atoms with Gasteiger partial charge in [0.25, 0.3) is 0 Å². The number of rotatable bonds is 5. The Morgan fingerprint density at radius 3 is 2.56 bits per heavy atom. The molecule has 1 aromatic carbocycles. The molecular formula is C12H14Cl2OS. The van der Waals surface area contributed by atoms with E-state index in [1.54, 1.807) is 24.8 Å². The van der Waals surface area contributed by atoms with E-state index >= 15 is 0 Å². The van der Waals surface area contributed by atoms with Gasteiger partial charge in [-0.05, 0) is 30.4 Å². The van der Waals surface area contributed by atoms with E-state index in [4.69, 9.17) is 23.2 Å². The van der Waals surface area contributed by atoms with Crippen LogP contribution in [0.5, 0.6) is 0 Å². The lowest BCUT2D eigenvalue weighted by Gasteiger charge is -2.15. The molecule has 0 aliphatic rings. The lowest BCUT2D eigenvalue weighted by Crippen LogP contribution is -2.01. The predicted molar refractivity (Wildman–Crippen MR) is 72.6 cm³/mol. The molecule has 0 bridgehead atoms. The second-order valence-electron chi connectivity index (χ2n) is 3.52. The molecule has 0 fully saturated rings. The molecule has 0 unspecified atom stereocenters. The molecule has 0 heterocycles. The van der Waals surface area contributed by atoms with Crippen LogP contribution in [0.15, 0.2) is 18.2 Å². The van der Waals surface area contributed by atoms with Gasteiger partial charge in [-0.25, -0.2) is 0 Å². The van der Waals surface area contributed by atoms with Crippen LogP contribution in [0.25, 0.3) is 0 Å². The number of carbonyl (C=O) groups is 1. The second-order valence-corrected chi connectivity index (χ2v) is 5.82. The van der Waals surface area contributed by atoms with Crippen molar-refractivity contribution in [3.63, 3.8) is 0 Å². The largest absolute Gasteiger partial charge is 0.300 e. The van der Waals surface area contributed by atoms with Gasteiger partial charge in [-0.1, -0.05) is 36.2 Å². The van der Waals surface area contributed by atoms with Crippen molar-refractivity contribution in [3.8, 4) is 0 Å². The fourth-order valence-corrected chi connectivity index (χ4v) is 2.85. The Hall–Kier alpha value is -0.180. The first-order valence-electron chi connectivity index (χ1n) is 5.10. The highest BCUT2D eigenvalue weighted by molar-refractivity contribution is 7.99. The lowest BCUT2D eigenvalue weighted by atomic mass is 10.1. The third-order valence-corrected chi connectivity index (χ3v) is 4.07. The summed E-state index contributed by atoms with van der Waals surface area (Å²) in [6.07, 6.45) is 0.538. The third kappa shape index (κ3) is 4.00. The molecule has 1 atom stereocenters. The molecule has 1 aromatic rings. The van der Waals surface area contributed by atoms with Gasteiger partial charge in [-0.15, -0.1) is 0 Å². The molecule has 1 rings (SSSR count). The van der Waals surface area contributed by atoms with Crippen molar-refractivity contribution in [2.24, 2.45) is 0 Å². The Morgan fingerprint density at radius 1 is 1.38 bits per heavy atom. The lowest BCUT2D eigenvalue weighted by molar-refractivity contribution is -0.117. The normalized spacial score (nSPS) is 12.5. The smallest absolute Gasteiger partial charge is 0.131 e. The highest BCUT2D eigenvalue weighted by atomic mass is 35.5. The summed E-state index contributed by atoms with van der Waals surface area (Å²) in [5, 5.41) is 1.27. The van der Waals surface area contributed by atoms with Crippen LogP contribution in [0.2, 0.25) is 10.0 Å². The summed E-state index contributed by atoms with van der Waals surface area (Å²) in [7, 11) is 0. The zero-order valence-corrected chi connectivity index (χ0v) is 11.6. The minimum atomic E-state index is 0.178. The van der Waals surface area contributed by atoms with Gasteiger partial charge >= 0.3 is 0 Å². The SMILES string of the molecule is CCS[C@@H](CC(C)=O)c1ccc(Cl)c(Cl)c1. The highest BCUT2D eigenvalue weighted by Gasteiger charge is 2.14. The summed E-state index contributed by atoms with van der Waals surface area (Å²) in [6, 6.07) is 5.56. The van der Waals surface area contributed by atoms with Gasteiger partial charge in [-0.3, -0.25) is 4.79 Å². The van der Waals surface area contributed by atoms with Crippen molar-refractivity contribution in [3.05, 3.63) is 33.8 Å². The number of hydrogen-bond donors (Lipinski definition) is 0. The number of carbonyl (C=O) groups excluding carboxylic acids is 1. The number of hydrogen-bond acceptors (Lipinski definition) is 2. The molecule has 0 N–H and O–H groups in total. The molecule has 0 saturated carbocycles. The van der Waals surface area contributed by atoms with E-state index in [2.05, 4.69) is 6.92 Å². The van der Waals surface area contributed by atoms with Crippen LogP contribution in [-0.2, 0) is 4.79 Å². The monoisotopic (exact) mass is 276 g/mol. The van der Waals surface area contributed by atoms with Crippen molar-refractivity contribution in [1.29, 1.82) is 0 Å². The van der Waals surface area contributed by atoms with Crippen LogP contribution in [0.3, 0.4) is 0 Å². The van der Waals surface area contributed by atoms with E-state index in [1.165, 1.54) is 0 Å². The van der Waals surface area contributed by atoms with Crippen LogP contribution >= 0.6 is 35.0 Å². The van der Waals surface area contributed by atoms with E-state index in [0.29, 0.717) is 16.5 Å². The molecule has 0 amide bonds. The topological polar surface area (TPSA) is 17.1 Å². The van der Waals surface area contributed by atoms with Crippen molar-refractivity contribution in [2.45, 2.75) is 25.5 Å². The first-order chi connectivity index (χ1) is 7.54. The van der Waals surface area contributed by atoms with Gasteiger partial charge < -0.3 is 0 Å². The molecule has 0 radical (unpaired) electrons. The Morgan fingerprint density at radius 2 is 2.06 bits per heavy atom. The van der Waals surface area contributed by atoms with E-state index in [9.17, 15) is 4.79 Å². The predicted octanol–water partition coefficient (Wildman–Crippen LogP) is 4.77. The Bertz CT molecular complexity index is 379. The first-order valence-corrected chi connectivity index (χ1v) is 6.91. The third-order valence-electron chi connectivity index (χ3n) is 2.16. The fourth-order valence-electron chi connectivity index (χ4n) is 1.45. The van der Waals surface area contributed by atoms with Crippen molar-refractivity contribution in [2.75, 3.05) is 5.75 Å². The Labute approximate surface area is 111 Å². The first kappa shape index (κ1) is 13.9. The number of ketones is 1. The van der Waals surface area contributed by atoms with Crippen molar-refractivity contribution in [1.82, 2.24) is 0 Å². The van der Waals surface area contributed by atoms with Gasteiger partial charge in [0.05, 0.1) is 10.0 Å². The van der Waals surface area contributed by atoms with Crippen LogP contribution in [0, 0.1) is 0 Å². The summed E-state index contributed by atoms with van der Waals surface area (Å²) < 4.78 is 0. The van der Waals surface area contributed by atoms with Crippen LogP contribution < -0.4 is 0 Å². The molecule has 0 aromatic heterocycles. The maximum Gasteiger partial charge on any atom is 0.131 e. The average molecular weight is 277 g/mol. The summed E-state index contributed by atoms with van der Waals surface area (Å²) in [5.41, 5.74) is 1.07. The van der Waals surface area contributed by atoms with Crippen LogP contribution in [0.1, 0.15) is 31.1 Å².